The lowest BCUT2D eigenvalue weighted by atomic mass is 9.83. The van der Waals surface area contributed by atoms with Crippen molar-refractivity contribution in [3.63, 3.8) is 0 Å². The van der Waals surface area contributed by atoms with Gasteiger partial charge in [-0.3, -0.25) is 4.90 Å². The summed E-state index contributed by atoms with van der Waals surface area (Å²) in [5.74, 6) is 3.01. The van der Waals surface area contributed by atoms with Crippen molar-refractivity contribution in [3.05, 3.63) is 53.6 Å². The first-order valence-corrected chi connectivity index (χ1v) is 11.2. The molecule has 0 amide bonds. The average Bonchev–Trinajstić information content (AvgIpc) is 2.83. The van der Waals surface area contributed by atoms with Crippen molar-refractivity contribution in [1.82, 2.24) is 4.90 Å². The Labute approximate surface area is 185 Å². The van der Waals surface area contributed by atoms with Gasteiger partial charge < -0.3 is 14.2 Å². The van der Waals surface area contributed by atoms with Gasteiger partial charge in [-0.05, 0) is 69.3 Å². The van der Waals surface area contributed by atoms with Crippen LogP contribution in [-0.2, 0) is 13.0 Å². The van der Waals surface area contributed by atoms with Crippen molar-refractivity contribution in [3.8, 4) is 17.2 Å². The number of hydrogen-bond donors (Lipinski definition) is 0. The largest absolute Gasteiger partial charge is 0.497 e. The van der Waals surface area contributed by atoms with Gasteiger partial charge in [-0.2, -0.15) is 0 Å². The summed E-state index contributed by atoms with van der Waals surface area (Å²) in [5.41, 5.74) is 2.86. The summed E-state index contributed by atoms with van der Waals surface area (Å²) >= 11 is 0. The van der Waals surface area contributed by atoms with Gasteiger partial charge in [-0.15, -0.1) is 0 Å². The lowest BCUT2D eigenvalue weighted by Crippen LogP contribution is -2.43. The lowest BCUT2D eigenvalue weighted by Gasteiger charge is -2.40. The molecule has 2 aliphatic rings. The molecule has 2 unspecified atom stereocenters. The number of hydrogen-bond acceptors (Lipinski definition) is 4. The van der Waals surface area contributed by atoms with Crippen LogP contribution in [0.25, 0.3) is 21.5 Å². The molecule has 0 aromatic heterocycles. The zero-order chi connectivity index (χ0) is 22.1. The van der Waals surface area contributed by atoms with Gasteiger partial charge in [0, 0.05) is 19.1 Å². The Kier molecular flexibility index (Phi) is 6.10. The third kappa shape index (κ3) is 3.63. The maximum atomic E-state index is 5.64. The van der Waals surface area contributed by atoms with Crippen molar-refractivity contribution in [1.29, 1.82) is 0 Å². The van der Waals surface area contributed by atoms with Crippen LogP contribution >= 0.6 is 0 Å². The Balaban J connectivity index is 0.00000112. The van der Waals surface area contributed by atoms with Crippen LogP contribution in [0.4, 0.5) is 0 Å². The average molecular weight is 420 g/mol. The molecule has 31 heavy (non-hydrogen) atoms. The summed E-state index contributed by atoms with van der Waals surface area (Å²) in [6.07, 6.45) is 5.78. The molecule has 0 spiro atoms. The molecule has 2 aliphatic heterocycles. The molecule has 2 heterocycles. The smallest absolute Gasteiger partial charge is 0.161 e. The number of rotatable bonds is 3. The van der Waals surface area contributed by atoms with Gasteiger partial charge >= 0.3 is 0 Å². The van der Waals surface area contributed by atoms with E-state index in [9.17, 15) is 0 Å². The molecule has 4 heteroatoms. The minimum Gasteiger partial charge on any atom is -0.497 e. The molecule has 2 atom stereocenters. The van der Waals surface area contributed by atoms with Crippen LogP contribution in [0, 0.1) is 5.92 Å². The van der Waals surface area contributed by atoms with E-state index < -0.39 is 0 Å². The molecule has 5 rings (SSSR count). The summed E-state index contributed by atoms with van der Waals surface area (Å²) in [6, 6.07) is 11.2. The highest BCUT2D eigenvalue weighted by Gasteiger charge is 2.31. The molecule has 0 saturated carbocycles. The SMILES string of the molecule is CC.COc1ccc2c3c(c4cc(OC)c(OC)cc4c2c1)CC1C=CC(C)CN1C3. The van der Waals surface area contributed by atoms with Gasteiger partial charge in [0.2, 0.25) is 0 Å². The van der Waals surface area contributed by atoms with Crippen molar-refractivity contribution in [2.24, 2.45) is 5.92 Å². The van der Waals surface area contributed by atoms with E-state index in [0.717, 1.165) is 36.8 Å². The van der Waals surface area contributed by atoms with Crippen LogP contribution in [0.2, 0.25) is 0 Å². The molecule has 0 radical (unpaired) electrons. The van der Waals surface area contributed by atoms with Crippen LogP contribution in [-0.4, -0.2) is 38.8 Å². The third-order valence-corrected chi connectivity index (χ3v) is 6.48. The van der Waals surface area contributed by atoms with E-state index in [1.807, 2.05) is 13.8 Å². The molecule has 3 aromatic rings. The number of nitrogens with zero attached hydrogens (tertiary/aromatic N) is 1. The summed E-state index contributed by atoms with van der Waals surface area (Å²) in [7, 11) is 5.11. The molecule has 0 bridgehead atoms. The van der Waals surface area contributed by atoms with Crippen LogP contribution in [0.15, 0.2) is 42.5 Å². The second-order valence-electron chi connectivity index (χ2n) is 8.18. The van der Waals surface area contributed by atoms with Crippen molar-refractivity contribution in [2.45, 2.75) is 39.8 Å². The number of ether oxygens (including phenoxy) is 3. The Morgan fingerprint density at radius 2 is 1.45 bits per heavy atom. The summed E-state index contributed by atoms with van der Waals surface area (Å²) < 4.78 is 16.8. The number of benzene rings is 3. The maximum Gasteiger partial charge on any atom is 0.161 e. The predicted molar refractivity (Wildman–Crippen MR) is 129 cm³/mol. The topological polar surface area (TPSA) is 30.9 Å². The fourth-order valence-corrected chi connectivity index (χ4v) is 5.02. The molecule has 4 nitrogen and oxygen atoms in total. The van der Waals surface area contributed by atoms with Crippen LogP contribution < -0.4 is 14.2 Å². The molecular weight excluding hydrogens is 386 g/mol. The Hall–Kier alpha value is -2.72. The van der Waals surface area contributed by atoms with Gasteiger partial charge in [0.15, 0.2) is 11.5 Å². The van der Waals surface area contributed by atoms with E-state index in [1.165, 1.54) is 32.7 Å². The zero-order valence-corrected chi connectivity index (χ0v) is 19.5. The molecule has 0 aliphatic carbocycles. The minimum atomic E-state index is 0.464. The molecule has 0 fully saturated rings. The fourth-order valence-electron chi connectivity index (χ4n) is 5.02. The highest BCUT2D eigenvalue weighted by Crippen LogP contribution is 2.43. The van der Waals surface area contributed by atoms with E-state index in [0.29, 0.717) is 12.0 Å². The first-order chi connectivity index (χ1) is 15.1. The minimum absolute atomic E-state index is 0.464. The van der Waals surface area contributed by atoms with Gasteiger partial charge in [0.25, 0.3) is 0 Å². The Morgan fingerprint density at radius 3 is 2.13 bits per heavy atom. The third-order valence-electron chi connectivity index (χ3n) is 6.48. The highest BCUT2D eigenvalue weighted by molar-refractivity contribution is 6.12. The lowest BCUT2D eigenvalue weighted by molar-refractivity contribution is 0.178. The van der Waals surface area contributed by atoms with Crippen LogP contribution in [0.1, 0.15) is 31.9 Å². The van der Waals surface area contributed by atoms with Crippen LogP contribution in [0.5, 0.6) is 17.2 Å². The van der Waals surface area contributed by atoms with E-state index in [1.54, 1.807) is 21.3 Å². The van der Waals surface area contributed by atoms with Gasteiger partial charge in [-0.25, -0.2) is 0 Å². The Morgan fingerprint density at radius 1 is 0.774 bits per heavy atom. The zero-order valence-electron chi connectivity index (χ0n) is 19.5. The summed E-state index contributed by atoms with van der Waals surface area (Å²) in [5, 5.41) is 4.96. The standard InChI is InChI=1S/C25H27NO3.C2H6/c1-15-5-6-16-9-19-21-11-24(28-3)25(29-4)12-22(21)20-10-17(27-2)7-8-18(20)23(19)14-26(16)13-15;1-2/h5-8,10-12,15-16H,9,13-14H2,1-4H3;1-2H3. The summed E-state index contributed by atoms with van der Waals surface area (Å²) in [4.78, 5) is 2.61. The number of methoxy groups -OCH3 is 3. The monoisotopic (exact) mass is 419 g/mol. The summed E-state index contributed by atoms with van der Waals surface area (Å²) in [6.45, 7) is 8.38. The maximum absolute atomic E-state index is 5.64. The van der Waals surface area contributed by atoms with E-state index in [-0.39, 0.29) is 0 Å². The van der Waals surface area contributed by atoms with E-state index >= 15 is 0 Å². The molecule has 3 aromatic carbocycles. The van der Waals surface area contributed by atoms with Crippen molar-refractivity contribution in [2.75, 3.05) is 27.9 Å². The quantitative estimate of drug-likeness (QED) is 0.386. The normalized spacial score (nSPS) is 19.9. The van der Waals surface area contributed by atoms with Crippen molar-refractivity contribution < 1.29 is 14.2 Å². The van der Waals surface area contributed by atoms with Gasteiger partial charge in [0.05, 0.1) is 21.3 Å². The predicted octanol–water partition coefficient (Wildman–Crippen LogP) is 5.98. The molecular formula is C27H33NO3. The molecule has 0 N–H and O–H groups in total. The highest BCUT2D eigenvalue weighted by atomic mass is 16.5. The second kappa shape index (κ2) is 8.80. The Bertz CT molecular complexity index is 1130. The van der Waals surface area contributed by atoms with Gasteiger partial charge in [-0.1, -0.05) is 39.0 Å². The first-order valence-electron chi connectivity index (χ1n) is 11.2. The van der Waals surface area contributed by atoms with E-state index in [2.05, 4.69) is 54.3 Å². The van der Waals surface area contributed by atoms with Gasteiger partial charge in [0.1, 0.15) is 5.75 Å². The first kappa shape index (κ1) is 21.5. The second-order valence-corrected chi connectivity index (χ2v) is 8.18. The van der Waals surface area contributed by atoms with Crippen LogP contribution in [0.3, 0.4) is 0 Å². The number of fused-ring (bicyclic) bond motifs is 7. The van der Waals surface area contributed by atoms with Crippen molar-refractivity contribution >= 4 is 21.5 Å². The molecule has 0 saturated heterocycles. The van der Waals surface area contributed by atoms with E-state index in [4.69, 9.17) is 14.2 Å². The fraction of sp³-hybridized carbons (Fsp3) is 0.407. The molecule has 164 valence electrons.